The summed E-state index contributed by atoms with van der Waals surface area (Å²) in [6, 6.07) is 14.0. The van der Waals surface area contributed by atoms with E-state index in [1.807, 2.05) is 85.7 Å². The molecule has 0 aliphatic heterocycles. The van der Waals surface area contributed by atoms with Crippen molar-refractivity contribution in [2.24, 2.45) is 0 Å². The Kier molecular flexibility index (Phi) is 6.87. The number of amides is 2. The summed E-state index contributed by atoms with van der Waals surface area (Å²) in [4.78, 5) is 31.8. The number of aryl methyl sites for hydroxylation is 2. The molecule has 0 saturated carbocycles. The Labute approximate surface area is 177 Å². The van der Waals surface area contributed by atoms with Crippen LogP contribution in [0.15, 0.2) is 48.7 Å². The summed E-state index contributed by atoms with van der Waals surface area (Å²) < 4.78 is 1.82. The first-order valence-electron chi connectivity index (χ1n) is 10.4. The van der Waals surface area contributed by atoms with Gasteiger partial charge >= 0.3 is 0 Å². The van der Waals surface area contributed by atoms with Gasteiger partial charge in [-0.2, -0.15) is 0 Å². The molecule has 0 aliphatic carbocycles. The van der Waals surface area contributed by atoms with E-state index in [1.165, 1.54) is 0 Å². The van der Waals surface area contributed by atoms with Gasteiger partial charge in [0.25, 0.3) is 5.91 Å². The molecule has 0 unspecified atom stereocenters. The molecule has 30 heavy (non-hydrogen) atoms. The van der Waals surface area contributed by atoms with E-state index in [9.17, 15) is 9.59 Å². The van der Waals surface area contributed by atoms with Gasteiger partial charge in [-0.3, -0.25) is 14.0 Å². The molecule has 0 bridgehead atoms. The summed E-state index contributed by atoms with van der Waals surface area (Å²) in [6.07, 6.45) is 2.85. The zero-order chi connectivity index (χ0) is 21.7. The lowest BCUT2D eigenvalue weighted by Crippen LogP contribution is -2.36. The average Bonchev–Trinajstić information content (AvgIpc) is 3.07. The molecule has 1 N–H and O–H groups in total. The Morgan fingerprint density at radius 3 is 2.53 bits per heavy atom. The molecule has 6 heteroatoms. The molecular weight excluding hydrogens is 376 g/mol. The van der Waals surface area contributed by atoms with Gasteiger partial charge in [0.2, 0.25) is 5.91 Å². The van der Waals surface area contributed by atoms with Crippen LogP contribution in [0.5, 0.6) is 0 Å². The maximum absolute atomic E-state index is 12.7. The molecule has 0 spiro atoms. The highest BCUT2D eigenvalue weighted by molar-refractivity contribution is 5.94. The van der Waals surface area contributed by atoms with Crippen LogP contribution in [-0.2, 0) is 11.3 Å². The molecule has 1 aromatic carbocycles. The van der Waals surface area contributed by atoms with Crippen molar-refractivity contribution in [3.05, 3.63) is 71.2 Å². The maximum Gasteiger partial charge on any atom is 0.270 e. The number of hydrogen-bond donors (Lipinski definition) is 1. The smallest absolute Gasteiger partial charge is 0.270 e. The lowest BCUT2D eigenvalue weighted by Gasteiger charge is -2.27. The minimum atomic E-state index is -0.164. The predicted molar refractivity (Wildman–Crippen MR) is 118 cm³/mol. The lowest BCUT2D eigenvalue weighted by atomic mass is 10.1. The Hall–Kier alpha value is -3.15. The fourth-order valence-electron chi connectivity index (χ4n) is 3.60. The number of rotatable bonds is 8. The van der Waals surface area contributed by atoms with Gasteiger partial charge in [0.1, 0.15) is 11.3 Å². The molecule has 2 aromatic heterocycles. The van der Waals surface area contributed by atoms with Crippen molar-refractivity contribution in [2.45, 2.75) is 53.1 Å². The summed E-state index contributed by atoms with van der Waals surface area (Å²) in [7, 11) is 0. The highest BCUT2D eigenvalue weighted by Gasteiger charge is 2.19. The first kappa shape index (κ1) is 21.6. The predicted octanol–water partition coefficient (Wildman–Crippen LogP) is 3.90. The van der Waals surface area contributed by atoms with Crippen molar-refractivity contribution in [3.8, 4) is 0 Å². The van der Waals surface area contributed by atoms with Gasteiger partial charge in [-0.15, -0.1) is 0 Å². The highest BCUT2D eigenvalue weighted by atomic mass is 16.2. The quantitative estimate of drug-likeness (QED) is 0.577. The number of fused-ring (bicyclic) bond motifs is 1. The molecule has 158 valence electrons. The number of pyridine rings is 1. The first-order valence-corrected chi connectivity index (χ1v) is 10.4. The topological polar surface area (TPSA) is 66.7 Å². The molecule has 2 heterocycles. The van der Waals surface area contributed by atoms with Crippen molar-refractivity contribution >= 4 is 17.5 Å². The molecular formula is C24H30N4O2. The molecule has 3 rings (SSSR count). The maximum atomic E-state index is 12.7. The number of hydrogen-bond acceptors (Lipinski definition) is 3. The molecule has 0 fully saturated rings. The number of carbonyl (C=O) groups excluding carboxylic acids is 2. The van der Waals surface area contributed by atoms with E-state index in [4.69, 9.17) is 0 Å². The van der Waals surface area contributed by atoms with Gasteiger partial charge in [0, 0.05) is 31.7 Å². The minimum Gasteiger partial charge on any atom is -0.351 e. The number of aromatic nitrogens is 2. The van der Waals surface area contributed by atoms with E-state index in [0.29, 0.717) is 37.3 Å². The summed E-state index contributed by atoms with van der Waals surface area (Å²) in [5.74, 6) is -0.0623. The highest BCUT2D eigenvalue weighted by Crippen LogP contribution is 2.15. The number of benzene rings is 1. The fraction of sp³-hybridized carbons (Fsp3) is 0.375. The van der Waals surface area contributed by atoms with Crippen LogP contribution in [0, 0.1) is 13.8 Å². The van der Waals surface area contributed by atoms with E-state index in [1.54, 1.807) is 0 Å². The van der Waals surface area contributed by atoms with Gasteiger partial charge in [-0.1, -0.05) is 36.4 Å². The standard InChI is InChI=1S/C24H30N4O2/c1-17(2)28(16-20-11-6-5-7-12-20)21(29)13-8-14-25-24(30)22-19(4)26-23-18(3)10-9-15-27(22)23/h5-7,9-12,15,17H,8,13-14,16H2,1-4H3,(H,25,30). The Bertz CT molecular complexity index is 1020. The van der Waals surface area contributed by atoms with Crippen LogP contribution < -0.4 is 5.32 Å². The second-order valence-corrected chi connectivity index (χ2v) is 7.89. The van der Waals surface area contributed by atoms with Crippen molar-refractivity contribution in [3.63, 3.8) is 0 Å². The van der Waals surface area contributed by atoms with Crippen molar-refractivity contribution in [1.29, 1.82) is 0 Å². The van der Waals surface area contributed by atoms with E-state index in [2.05, 4.69) is 10.3 Å². The monoisotopic (exact) mass is 406 g/mol. The van der Waals surface area contributed by atoms with Crippen LogP contribution in [0.2, 0.25) is 0 Å². The Morgan fingerprint density at radius 2 is 1.83 bits per heavy atom. The number of imidazole rings is 1. The number of nitrogens with zero attached hydrogens (tertiary/aromatic N) is 3. The summed E-state index contributed by atoms with van der Waals surface area (Å²) >= 11 is 0. The summed E-state index contributed by atoms with van der Waals surface area (Å²) in [5.41, 5.74) is 4.19. The SMILES string of the molecule is Cc1nc2c(C)cccn2c1C(=O)NCCCC(=O)N(Cc1ccccc1)C(C)C. The van der Waals surface area contributed by atoms with Gasteiger partial charge < -0.3 is 10.2 Å². The molecule has 0 atom stereocenters. The summed E-state index contributed by atoms with van der Waals surface area (Å²) in [5, 5.41) is 2.94. The number of carbonyl (C=O) groups is 2. The zero-order valence-electron chi connectivity index (χ0n) is 18.2. The van der Waals surface area contributed by atoms with Crippen LogP contribution in [-0.4, -0.2) is 38.7 Å². The van der Waals surface area contributed by atoms with Crippen molar-refractivity contribution in [1.82, 2.24) is 19.6 Å². The molecule has 3 aromatic rings. The normalized spacial score (nSPS) is 11.1. The third kappa shape index (κ3) is 4.87. The lowest BCUT2D eigenvalue weighted by molar-refractivity contribution is -0.133. The van der Waals surface area contributed by atoms with E-state index < -0.39 is 0 Å². The van der Waals surface area contributed by atoms with Gasteiger partial charge in [0.05, 0.1) is 5.69 Å². The molecule has 0 aliphatic rings. The number of nitrogens with one attached hydrogen (secondary N) is 1. The molecule has 2 amide bonds. The van der Waals surface area contributed by atoms with E-state index in [0.717, 1.165) is 16.8 Å². The second kappa shape index (κ2) is 9.57. The van der Waals surface area contributed by atoms with E-state index >= 15 is 0 Å². The first-order chi connectivity index (χ1) is 14.4. The van der Waals surface area contributed by atoms with Gasteiger partial charge in [-0.05, 0) is 51.3 Å². The van der Waals surface area contributed by atoms with Crippen LogP contribution in [0.3, 0.4) is 0 Å². The third-order valence-electron chi connectivity index (χ3n) is 5.23. The molecule has 0 saturated heterocycles. The minimum absolute atomic E-state index is 0.102. The fourth-order valence-corrected chi connectivity index (χ4v) is 3.60. The van der Waals surface area contributed by atoms with Crippen LogP contribution in [0.1, 0.15) is 54.0 Å². The third-order valence-corrected chi connectivity index (χ3v) is 5.23. The van der Waals surface area contributed by atoms with Crippen LogP contribution >= 0.6 is 0 Å². The second-order valence-electron chi connectivity index (χ2n) is 7.89. The largest absolute Gasteiger partial charge is 0.351 e. The summed E-state index contributed by atoms with van der Waals surface area (Å²) in [6.45, 7) is 8.92. The van der Waals surface area contributed by atoms with Crippen molar-refractivity contribution in [2.75, 3.05) is 6.54 Å². The zero-order valence-corrected chi connectivity index (χ0v) is 18.2. The van der Waals surface area contributed by atoms with Gasteiger partial charge in [-0.25, -0.2) is 4.98 Å². The Balaban J connectivity index is 1.55. The van der Waals surface area contributed by atoms with E-state index in [-0.39, 0.29) is 17.9 Å². The Morgan fingerprint density at radius 1 is 1.10 bits per heavy atom. The molecule has 6 nitrogen and oxygen atoms in total. The average molecular weight is 407 g/mol. The molecule has 0 radical (unpaired) electrons. The van der Waals surface area contributed by atoms with Crippen LogP contribution in [0.4, 0.5) is 0 Å². The van der Waals surface area contributed by atoms with Gasteiger partial charge in [0.15, 0.2) is 0 Å². The van der Waals surface area contributed by atoms with Crippen LogP contribution in [0.25, 0.3) is 5.65 Å². The van der Waals surface area contributed by atoms with Crippen molar-refractivity contribution < 1.29 is 9.59 Å².